The molecule has 3 nitrogen and oxygen atoms in total. The summed E-state index contributed by atoms with van der Waals surface area (Å²) in [6.45, 7) is 2.11. The van der Waals surface area contributed by atoms with Crippen LogP contribution in [0.4, 0.5) is 5.69 Å². The molecule has 2 rings (SSSR count). The lowest BCUT2D eigenvalue weighted by Gasteiger charge is -2.05. The molecule has 1 aromatic rings. The zero-order valence-corrected chi connectivity index (χ0v) is 7.91. The number of carbonyl (C=O) groups is 1. The number of esters is 1. The maximum atomic E-state index is 11.1. The molecule has 72 valence electrons. The molecule has 0 fully saturated rings. The summed E-state index contributed by atoms with van der Waals surface area (Å²) in [5.74, 6) is -0.233. The number of carbonyl (C=O) groups excluding carboxylic acids is 1. The van der Waals surface area contributed by atoms with Crippen LogP contribution in [0.1, 0.15) is 6.92 Å². The molecule has 0 bridgehead atoms. The maximum Gasteiger partial charge on any atom is 0.336 e. The van der Waals surface area contributed by atoms with E-state index in [1.54, 1.807) is 6.92 Å². The molecule has 0 saturated carbocycles. The standard InChI is InChI=1S/C11H11NO2/c1-8-10(7-14-11(8)13)12-9-5-3-2-4-6-9/h2-6,12H,7H2,1H3. The van der Waals surface area contributed by atoms with Gasteiger partial charge >= 0.3 is 5.97 Å². The van der Waals surface area contributed by atoms with Crippen molar-refractivity contribution in [2.45, 2.75) is 6.92 Å². The van der Waals surface area contributed by atoms with Crippen LogP contribution in [0.5, 0.6) is 0 Å². The first-order chi connectivity index (χ1) is 6.77. The lowest BCUT2D eigenvalue weighted by atomic mass is 10.2. The lowest BCUT2D eigenvalue weighted by Crippen LogP contribution is -2.01. The monoisotopic (exact) mass is 189 g/mol. The number of hydrogen-bond acceptors (Lipinski definition) is 3. The highest BCUT2D eigenvalue weighted by Crippen LogP contribution is 2.17. The van der Waals surface area contributed by atoms with Gasteiger partial charge in [-0.2, -0.15) is 0 Å². The molecule has 0 amide bonds. The van der Waals surface area contributed by atoms with Crippen LogP contribution in [0.25, 0.3) is 0 Å². The molecule has 0 spiro atoms. The van der Waals surface area contributed by atoms with Crippen molar-refractivity contribution in [2.24, 2.45) is 0 Å². The van der Waals surface area contributed by atoms with Crippen LogP contribution in [0, 0.1) is 0 Å². The van der Waals surface area contributed by atoms with E-state index in [1.165, 1.54) is 0 Å². The fourth-order valence-corrected chi connectivity index (χ4v) is 1.30. The van der Waals surface area contributed by atoms with E-state index in [0.717, 1.165) is 11.4 Å². The molecule has 0 aliphatic carbocycles. The van der Waals surface area contributed by atoms with Gasteiger partial charge in [0.15, 0.2) is 0 Å². The molecule has 0 atom stereocenters. The second-order valence-electron chi connectivity index (χ2n) is 3.17. The van der Waals surface area contributed by atoms with E-state index in [2.05, 4.69) is 5.32 Å². The Bertz CT molecular complexity index is 382. The van der Waals surface area contributed by atoms with Crippen LogP contribution in [-0.2, 0) is 9.53 Å². The molecular formula is C11H11NO2. The van der Waals surface area contributed by atoms with Gasteiger partial charge in [0.05, 0.1) is 11.3 Å². The summed E-state index contributed by atoms with van der Waals surface area (Å²) in [6.07, 6.45) is 0. The Balaban J connectivity index is 2.17. The summed E-state index contributed by atoms with van der Waals surface area (Å²) in [5.41, 5.74) is 2.48. The number of ether oxygens (including phenoxy) is 1. The quantitative estimate of drug-likeness (QED) is 0.722. The van der Waals surface area contributed by atoms with Gasteiger partial charge < -0.3 is 10.1 Å². The van der Waals surface area contributed by atoms with Crippen LogP contribution >= 0.6 is 0 Å². The third-order valence-corrected chi connectivity index (χ3v) is 2.18. The predicted octanol–water partition coefficient (Wildman–Crippen LogP) is 1.93. The minimum atomic E-state index is -0.233. The maximum absolute atomic E-state index is 11.1. The van der Waals surface area contributed by atoms with Gasteiger partial charge in [0, 0.05) is 5.69 Å². The Kier molecular flexibility index (Phi) is 2.23. The van der Waals surface area contributed by atoms with E-state index in [4.69, 9.17) is 4.74 Å². The molecule has 1 heterocycles. The third-order valence-electron chi connectivity index (χ3n) is 2.18. The Morgan fingerprint density at radius 2 is 2.00 bits per heavy atom. The highest BCUT2D eigenvalue weighted by atomic mass is 16.5. The summed E-state index contributed by atoms with van der Waals surface area (Å²) >= 11 is 0. The van der Waals surface area contributed by atoms with Gasteiger partial charge in [-0.3, -0.25) is 0 Å². The number of rotatable bonds is 2. The molecule has 1 aliphatic rings. The molecule has 3 heteroatoms. The second-order valence-corrected chi connectivity index (χ2v) is 3.17. The van der Waals surface area contributed by atoms with E-state index in [-0.39, 0.29) is 5.97 Å². The molecular weight excluding hydrogens is 178 g/mol. The molecule has 1 aliphatic heterocycles. The summed E-state index contributed by atoms with van der Waals surface area (Å²) in [7, 11) is 0. The number of nitrogens with one attached hydrogen (secondary N) is 1. The molecule has 0 saturated heterocycles. The van der Waals surface area contributed by atoms with E-state index in [1.807, 2.05) is 30.3 Å². The largest absolute Gasteiger partial charge is 0.456 e. The summed E-state index contributed by atoms with van der Waals surface area (Å²) in [4.78, 5) is 11.1. The molecule has 0 aromatic heterocycles. The third kappa shape index (κ3) is 1.62. The highest BCUT2D eigenvalue weighted by molar-refractivity contribution is 5.91. The van der Waals surface area contributed by atoms with Crippen molar-refractivity contribution < 1.29 is 9.53 Å². The van der Waals surface area contributed by atoms with Gasteiger partial charge in [0.1, 0.15) is 6.61 Å². The normalized spacial score (nSPS) is 15.6. The average Bonchev–Trinajstić information content (AvgIpc) is 2.52. The summed E-state index contributed by atoms with van der Waals surface area (Å²) in [5, 5.41) is 3.15. The molecule has 0 unspecified atom stereocenters. The van der Waals surface area contributed by atoms with Crippen molar-refractivity contribution in [3.63, 3.8) is 0 Å². The topological polar surface area (TPSA) is 38.3 Å². The number of benzene rings is 1. The van der Waals surface area contributed by atoms with Crippen molar-refractivity contribution in [3.05, 3.63) is 41.6 Å². The molecule has 14 heavy (non-hydrogen) atoms. The molecule has 0 radical (unpaired) electrons. The Morgan fingerprint density at radius 3 is 2.57 bits per heavy atom. The highest BCUT2D eigenvalue weighted by Gasteiger charge is 2.20. The number of anilines is 1. The smallest absolute Gasteiger partial charge is 0.336 e. The SMILES string of the molecule is CC1=C(Nc2ccccc2)COC1=O. The van der Waals surface area contributed by atoms with Gasteiger partial charge in [0.25, 0.3) is 0 Å². The minimum Gasteiger partial charge on any atom is -0.456 e. The van der Waals surface area contributed by atoms with Gasteiger partial charge in [0.2, 0.25) is 0 Å². The number of cyclic esters (lactones) is 1. The minimum absolute atomic E-state index is 0.233. The van der Waals surface area contributed by atoms with Crippen LogP contribution in [0.2, 0.25) is 0 Å². The van der Waals surface area contributed by atoms with Gasteiger partial charge in [-0.05, 0) is 19.1 Å². The predicted molar refractivity (Wildman–Crippen MR) is 53.7 cm³/mol. The van der Waals surface area contributed by atoms with Gasteiger partial charge in [-0.25, -0.2) is 4.79 Å². The Morgan fingerprint density at radius 1 is 1.29 bits per heavy atom. The van der Waals surface area contributed by atoms with Crippen molar-refractivity contribution in [1.82, 2.24) is 0 Å². The molecule has 1 N–H and O–H groups in total. The number of hydrogen-bond donors (Lipinski definition) is 1. The summed E-state index contributed by atoms with van der Waals surface area (Å²) < 4.78 is 4.87. The van der Waals surface area contributed by atoms with Crippen molar-refractivity contribution in [3.8, 4) is 0 Å². The second kappa shape index (κ2) is 3.54. The Hall–Kier alpha value is -1.77. The van der Waals surface area contributed by atoms with Gasteiger partial charge in [-0.1, -0.05) is 18.2 Å². The zero-order chi connectivity index (χ0) is 9.97. The zero-order valence-electron chi connectivity index (χ0n) is 7.91. The van der Waals surface area contributed by atoms with Crippen LogP contribution in [-0.4, -0.2) is 12.6 Å². The van der Waals surface area contributed by atoms with E-state index < -0.39 is 0 Å². The number of para-hydroxylation sites is 1. The van der Waals surface area contributed by atoms with E-state index in [0.29, 0.717) is 12.2 Å². The van der Waals surface area contributed by atoms with Crippen LogP contribution in [0.3, 0.4) is 0 Å². The van der Waals surface area contributed by atoms with Crippen LogP contribution < -0.4 is 5.32 Å². The van der Waals surface area contributed by atoms with Gasteiger partial charge in [-0.15, -0.1) is 0 Å². The lowest BCUT2D eigenvalue weighted by molar-refractivity contribution is -0.135. The summed E-state index contributed by atoms with van der Waals surface area (Å²) in [6, 6.07) is 9.72. The van der Waals surface area contributed by atoms with Crippen molar-refractivity contribution in [2.75, 3.05) is 11.9 Å². The van der Waals surface area contributed by atoms with E-state index in [9.17, 15) is 4.79 Å². The van der Waals surface area contributed by atoms with Crippen molar-refractivity contribution >= 4 is 11.7 Å². The Labute approximate surface area is 82.4 Å². The first-order valence-corrected chi connectivity index (χ1v) is 4.46. The fraction of sp³-hybridized carbons (Fsp3) is 0.182. The average molecular weight is 189 g/mol. The van der Waals surface area contributed by atoms with E-state index >= 15 is 0 Å². The first-order valence-electron chi connectivity index (χ1n) is 4.46. The molecule has 1 aromatic carbocycles. The van der Waals surface area contributed by atoms with Crippen LogP contribution in [0.15, 0.2) is 41.6 Å². The van der Waals surface area contributed by atoms with Crippen molar-refractivity contribution in [1.29, 1.82) is 0 Å². The first kappa shape index (κ1) is 8.81. The fourth-order valence-electron chi connectivity index (χ4n) is 1.30.